The highest BCUT2D eigenvalue weighted by molar-refractivity contribution is 9.10. The standard InChI is InChI=1S/C16H16BrClN4O/c1-16(2,3)9-22-11-4-5-12(14(17)15(11)20-21-22)23-13-8-10(18)6-7-19-13/h4-8H,9H2,1-3H3. The van der Waals surface area contributed by atoms with Crippen LogP contribution in [0.2, 0.25) is 5.02 Å². The Morgan fingerprint density at radius 3 is 2.74 bits per heavy atom. The Bertz CT molecular complexity index is 857. The summed E-state index contributed by atoms with van der Waals surface area (Å²) in [6, 6.07) is 7.18. The molecule has 0 N–H and O–H groups in total. The molecule has 0 aliphatic rings. The van der Waals surface area contributed by atoms with Crippen LogP contribution in [0.1, 0.15) is 20.8 Å². The van der Waals surface area contributed by atoms with E-state index in [1.54, 1.807) is 18.3 Å². The maximum atomic E-state index is 5.95. The SMILES string of the molecule is CC(C)(C)Cn1nnc2c(Br)c(Oc3cc(Cl)ccn3)ccc21. The predicted octanol–water partition coefficient (Wildman–Crippen LogP) is 5.08. The third-order valence-electron chi connectivity index (χ3n) is 3.13. The number of halogens is 2. The van der Waals surface area contributed by atoms with Crippen LogP contribution in [0.15, 0.2) is 34.9 Å². The number of aromatic nitrogens is 4. The van der Waals surface area contributed by atoms with E-state index in [4.69, 9.17) is 16.3 Å². The number of rotatable bonds is 3. The quantitative estimate of drug-likeness (QED) is 0.620. The van der Waals surface area contributed by atoms with Gasteiger partial charge in [-0.05, 0) is 39.5 Å². The topological polar surface area (TPSA) is 52.8 Å². The Morgan fingerprint density at radius 2 is 2.04 bits per heavy atom. The van der Waals surface area contributed by atoms with Gasteiger partial charge < -0.3 is 4.74 Å². The first-order valence-electron chi connectivity index (χ1n) is 7.15. The molecule has 0 aliphatic heterocycles. The van der Waals surface area contributed by atoms with Gasteiger partial charge in [0.1, 0.15) is 11.3 Å². The predicted molar refractivity (Wildman–Crippen MR) is 94.0 cm³/mol. The molecule has 5 nitrogen and oxygen atoms in total. The molecule has 3 aromatic rings. The molecule has 0 saturated carbocycles. The van der Waals surface area contributed by atoms with Crippen LogP contribution in [0.3, 0.4) is 0 Å². The molecule has 2 aromatic heterocycles. The average Bonchev–Trinajstić information content (AvgIpc) is 2.84. The number of fused-ring (bicyclic) bond motifs is 1. The van der Waals surface area contributed by atoms with Crippen LogP contribution in [0, 0.1) is 5.41 Å². The molecule has 3 rings (SSSR count). The zero-order valence-electron chi connectivity index (χ0n) is 13.0. The third-order valence-corrected chi connectivity index (χ3v) is 4.13. The highest BCUT2D eigenvalue weighted by atomic mass is 79.9. The molecule has 120 valence electrons. The number of nitrogens with zero attached hydrogens (tertiary/aromatic N) is 4. The minimum Gasteiger partial charge on any atom is -0.438 e. The van der Waals surface area contributed by atoms with E-state index in [0.29, 0.717) is 16.7 Å². The van der Waals surface area contributed by atoms with Gasteiger partial charge in [-0.1, -0.05) is 37.6 Å². The lowest BCUT2D eigenvalue weighted by molar-refractivity contribution is 0.327. The van der Waals surface area contributed by atoms with Gasteiger partial charge in [-0.25, -0.2) is 9.67 Å². The number of hydrogen-bond donors (Lipinski definition) is 0. The fourth-order valence-corrected chi connectivity index (χ4v) is 2.83. The Labute approximate surface area is 147 Å². The summed E-state index contributed by atoms with van der Waals surface area (Å²) in [4.78, 5) is 4.14. The van der Waals surface area contributed by atoms with Gasteiger partial charge in [-0.15, -0.1) is 5.10 Å². The molecule has 0 aliphatic carbocycles. The molecule has 0 spiro atoms. The zero-order chi connectivity index (χ0) is 16.6. The van der Waals surface area contributed by atoms with Crippen molar-refractivity contribution in [2.24, 2.45) is 5.41 Å². The van der Waals surface area contributed by atoms with E-state index in [1.165, 1.54) is 0 Å². The summed E-state index contributed by atoms with van der Waals surface area (Å²) in [5.41, 5.74) is 1.83. The van der Waals surface area contributed by atoms with Crippen molar-refractivity contribution >= 4 is 38.6 Å². The molecule has 0 amide bonds. The molecule has 0 unspecified atom stereocenters. The maximum Gasteiger partial charge on any atom is 0.220 e. The summed E-state index contributed by atoms with van der Waals surface area (Å²) in [5.74, 6) is 1.05. The molecule has 0 saturated heterocycles. The minimum absolute atomic E-state index is 0.118. The largest absolute Gasteiger partial charge is 0.438 e. The lowest BCUT2D eigenvalue weighted by Crippen LogP contribution is -2.16. The summed E-state index contributed by atoms with van der Waals surface area (Å²) >= 11 is 9.50. The van der Waals surface area contributed by atoms with Crippen molar-refractivity contribution < 1.29 is 4.74 Å². The Morgan fingerprint density at radius 1 is 1.26 bits per heavy atom. The lowest BCUT2D eigenvalue weighted by atomic mass is 9.97. The summed E-state index contributed by atoms with van der Waals surface area (Å²) < 4.78 is 8.44. The molecule has 0 radical (unpaired) electrons. The molecule has 2 heterocycles. The van der Waals surface area contributed by atoms with Crippen LogP contribution in [0.25, 0.3) is 11.0 Å². The van der Waals surface area contributed by atoms with Crippen LogP contribution in [0.4, 0.5) is 0 Å². The van der Waals surface area contributed by atoms with Crippen LogP contribution in [0.5, 0.6) is 11.6 Å². The Kier molecular flexibility index (Phi) is 4.29. The van der Waals surface area contributed by atoms with Crippen molar-refractivity contribution in [1.82, 2.24) is 20.0 Å². The van der Waals surface area contributed by atoms with Crippen molar-refractivity contribution in [3.63, 3.8) is 0 Å². The van der Waals surface area contributed by atoms with Crippen molar-refractivity contribution in [3.8, 4) is 11.6 Å². The molecule has 0 bridgehead atoms. The van der Waals surface area contributed by atoms with Crippen molar-refractivity contribution in [2.45, 2.75) is 27.3 Å². The zero-order valence-corrected chi connectivity index (χ0v) is 15.4. The highest BCUT2D eigenvalue weighted by Gasteiger charge is 2.17. The molecular weight excluding hydrogens is 380 g/mol. The van der Waals surface area contributed by atoms with Crippen LogP contribution < -0.4 is 4.74 Å². The van der Waals surface area contributed by atoms with Gasteiger partial charge in [-0.3, -0.25) is 0 Å². The summed E-state index contributed by atoms with van der Waals surface area (Å²) in [5, 5.41) is 9.08. The number of benzene rings is 1. The van der Waals surface area contributed by atoms with Crippen molar-refractivity contribution in [2.75, 3.05) is 0 Å². The van der Waals surface area contributed by atoms with Gasteiger partial charge in [0.15, 0.2) is 0 Å². The van der Waals surface area contributed by atoms with E-state index >= 15 is 0 Å². The van der Waals surface area contributed by atoms with Gasteiger partial charge >= 0.3 is 0 Å². The van der Waals surface area contributed by atoms with E-state index in [1.807, 2.05) is 16.8 Å². The molecular formula is C16H16BrClN4O. The second kappa shape index (κ2) is 6.09. The molecule has 23 heavy (non-hydrogen) atoms. The van der Waals surface area contributed by atoms with Gasteiger partial charge in [-0.2, -0.15) is 0 Å². The first kappa shape index (κ1) is 16.2. The Balaban J connectivity index is 1.96. The monoisotopic (exact) mass is 394 g/mol. The second-order valence-corrected chi connectivity index (χ2v) is 7.70. The van der Waals surface area contributed by atoms with E-state index in [9.17, 15) is 0 Å². The normalized spacial score (nSPS) is 11.9. The van der Waals surface area contributed by atoms with Gasteiger partial charge in [0.2, 0.25) is 5.88 Å². The average molecular weight is 396 g/mol. The minimum atomic E-state index is 0.118. The van der Waals surface area contributed by atoms with E-state index in [0.717, 1.165) is 22.1 Å². The van der Waals surface area contributed by atoms with Crippen LogP contribution in [-0.2, 0) is 6.54 Å². The molecule has 0 atom stereocenters. The third kappa shape index (κ3) is 3.64. The van der Waals surface area contributed by atoms with E-state index < -0.39 is 0 Å². The molecule has 0 fully saturated rings. The molecule has 7 heteroatoms. The highest BCUT2D eigenvalue weighted by Crippen LogP contribution is 2.35. The Hall–Kier alpha value is -1.66. The summed E-state index contributed by atoms with van der Waals surface area (Å²) in [7, 11) is 0. The lowest BCUT2D eigenvalue weighted by Gasteiger charge is -2.17. The smallest absolute Gasteiger partial charge is 0.220 e. The first-order valence-corrected chi connectivity index (χ1v) is 8.32. The van der Waals surface area contributed by atoms with E-state index in [2.05, 4.69) is 52.0 Å². The fraction of sp³-hybridized carbons (Fsp3) is 0.312. The summed E-state index contributed by atoms with van der Waals surface area (Å²) in [6.07, 6.45) is 1.60. The molecule has 1 aromatic carbocycles. The van der Waals surface area contributed by atoms with Gasteiger partial charge in [0.25, 0.3) is 0 Å². The van der Waals surface area contributed by atoms with Crippen molar-refractivity contribution in [1.29, 1.82) is 0 Å². The van der Waals surface area contributed by atoms with Crippen LogP contribution in [-0.4, -0.2) is 20.0 Å². The summed E-state index contributed by atoms with van der Waals surface area (Å²) in [6.45, 7) is 7.28. The van der Waals surface area contributed by atoms with E-state index in [-0.39, 0.29) is 5.41 Å². The van der Waals surface area contributed by atoms with Crippen molar-refractivity contribution in [3.05, 3.63) is 40.0 Å². The second-order valence-electron chi connectivity index (χ2n) is 6.47. The number of hydrogen-bond acceptors (Lipinski definition) is 4. The van der Waals surface area contributed by atoms with Crippen LogP contribution >= 0.6 is 27.5 Å². The first-order chi connectivity index (χ1) is 10.8. The number of pyridine rings is 1. The maximum absolute atomic E-state index is 5.95. The van der Waals surface area contributed by atoms with Gasteiger partial charge in [0.05, 0.1) is 9.99 Å². The van der Waals surface area contributed by atoms with Gasteiger partial charge in [0, 0.05) is 23.8 Å². The fourth-order valence-electron chi connectivity index (χ4n) is 2.18. The number of ether oxygens (including phenoxy) is 1.